The van der Waals surface area contributed by atoms with Crippen molar-refractivity contribution < 1.29 is 17.7 Å². The Balaban J connectivity index is 0.000000644. The molecule has 4 rings (SSSR count). The molecule has 7 nitrogen and oxygen atoms in total. The SMILES string of the molecule is CC.CC.O=S(=O)=O.Oc1c(N=Nc2ccccc2)ccc2cc(Nc3ccccc3)ccc12. The van der Waals surface area contributed by atoms with Crippen molar-refractivity contribution >= 4 is 44.1 Å². The molecule has 178 valence electrons. The van der Waals surface area contributed by atoms with E-state index in [-0.39, 0.29) is 5.75 Å². The van der Waals surface area contributed by atoms with Gasteiger partial charge < -0.3 is 10.4 Å². The second-order valence-corrected chi connectivity index (χ2v) is 6.51. The normalized spacial score (nSPS) is 9.53. The summed E-state index contributed by atoms with van der Waals surface area (Å²) >= 11 is 0. The van der Waals surface area contributed by atoms with Crippen molar-refractivity contribution in [3.63, 3.8) is 0 Å². The lowest BCUT2D eigenvalue weighted by Crippen LogP contribution is -1.89. The van der Waals surface area contributed by atoms with Crippen LogP contribution in [0.25, 0.3) is 10.8 Å². The topological polar surface area (TPSA) is 108 Å². The first-order valence-corrected chi connectivity index (χ1v) is 11.8. The zero-order chi connectivity index (χ0) is 25.3. The third-order valence-electron chi connectivity index (χ3n) is 4.06. The largest absolute Gasteiger partial charge is 0.505 e. The molecule has 0 heterocycles. The van der Waals surface area contributed by atoms with E-state index in [1.54, 1.807) is 6.07 Å². The number of hydrogen-bond donors (Lipinski definition) is 2. The molecule has 0 aliphatic rings. The van der Waals surface area contributed by atoms with Gasteiger partial charge in [-0.3, -0.25) is 0 Å². The lowest BCUT2D eigenvalue weighted by Gasteiger charge is -2.09. The summed E-state index contributed by atoms with van der Waals surface area (Å²) in [5, 5.41) is 23.9. The van der Waals surface area contributed by atoms with Crippen molar-refractivity contribution in [1.29, 1.82) is 0 Å². The van der Waals surface area contributed by atoms with Gasteiger partial charge in [-0.1, -0.05) is 70.2 Å². The standard InChI is InChI=1S/C22H17N3O.2C2H6.O3S/c26-22-20-13-12-19(23-17-7-3-1-4-8-17)15-16(20)11-14-21(22)25-24-18-9-5-2-6-10-18;2*1-2;1-4(2)3/h1-15,23,26H;2*1-2H3;. The molecule has 0 bridgehead atoms. The molecule has 0 aromatic heterocycles. The van der Waals surface area contributed by atoms with Crippen LogP contribution in [0.2, 0.25) is 0 Å². The Kier molecular flexibility index (Phi) is 12.9. The van der Waals surface area contributed by atoms with Crippen LogP contribution in [0.15, 0.2) is 101 Å². The second-order valence-electron chi connectivity index (χ2n) is 6.10. The molecule has 8 heteroatoms. The molecule has 0 fully saturated rings. The van der Waals surface area contributed by atoms with E-state index >= 15 is 0 Å². The van der Waals surface area contributed by atoms with Crippen LogP contribution in [0, 0.1) is 0 Å². The van der Waals surface area contributed by atoms with E-state index < -0.39 is 10.6 Å². The molecular formula is C26H29N3O4S. The summed E-state index contributed by atoms with van der Waals surface area (Å²) in [5.74, 6) is 0.133. The van der Waals surface area contributed by atoms with E-state index in [2.05, 4.69) is 15.5 Å². The first-order chi connectivity index (χ1) is 16.5. The summed E-state index contributed by atoms with van der Waals surface area (Å²) in [6.07, 6.45) is 0. The van der Waals surface area contributed by atoms with Crippen LogP contribution < -0.4 is 5.32 Å². The fraction of sp³-hybridized carbons (Fsp3) is 0.154. The van der Waals surface area contributed by atoms with Crippen LogP contribution in [0.5, 0.6) is 5.75 Å². The number of rotatable bonds is 4. The smallest absolute Gasteiger partial charge is 0.425 e. The molecule has 0 aliphatic carbocycles. The van der Waals surface area contributed by atoms with Gasteiger partial charge in [-0.2, -0.15) is 5.11 Å². The number of fused-ring (bicyclic) bond motifs is 1. The van der Waals surface area contributed by atoms with Crippen molar-refractivity contribution in [2.24, 2.45) is 10.2 Å². The van der Waals surface area contributed by atoms with Crippen molar-refractivity contribution in [1.82, 2.24) is 0 Å². The highest BCUT2D eigenvalue weighted by atomic mass is 32.2. The van der Waals surface area contributed by atoms with Crippen LogP contribution >= 0.6 is 0 Å². The minimum atomic E-state index is -3.11. The van der Waals surface area contributed by atoms with E-state index in [1.807, 2.05) is 113 Å². The van der Waals surface area contributed by atoms with E-state index in [0.717, 1.165) is 27.8 Å². The maximum Gasteiger partial charge on any atom is 0.425 e. The molecule has 0 spiro atoms. The van der Waals surface area contributed by atoms with Crippen molar-refractivity contribution in [3.05, 3.63) is 91.0 Å². The Hall–Kier alpha value is -4.04. The Labute approximate surface area is 201 Å². The van der Waals surface area contributed by atoms with Gasteiger partial charge in [-0.15, -0.1) is 17.7 Å². The molecule has 0 unspecified atom stereocenters. The van der Waals surface area contributed by atoms with Gasteiger partial charge in [0.1, 0.15) is 5.69 Å². The quantitative estimate of drug-likeness (QED) is 0.291. The highest BCUT2D eigenvalue weighted by Crippen LogP contribution is 2.36. The summed E-state index contributed by atoms with van der Waals surface area (Å²) in [5.41, 5.74) is 3.17. The van der Waals surface area contributed by atoms with Gasteiger partial charge in [0.05, 0.1) is 5.69 Å². The predicted octanol–water partition coefficient (Wildman–Crippen LogP) is 7.75. The van der Waals surface area contributed by atoms with Crippen molar-refractivity contribution in [3.8, 4) is 5.75 Å². The monoisotopic (exact) mass is 479 g/mol. The molecule has 0 saturated heterocycles. The van der Waals surface area contributed by atoms with Gasteiger partial charge in [0, 0.05) is 16.8 Å². The number of phenols is 1. The van der Waals surface area contributed by atoms with Gasteiger partial charge in [-0.05, 0) is 53.9 Å². The second kappa shape index (κ2) is 15.7. The fourth-order valence-corrected chi connectivity index (χ4v) is 2.75. The molecule has 2 N–H and O–H groups in total. The van der Waals surface area contributed by atoms with Gasteiger partial charge in [0.2, 0.25) is 0 Å². The minimum absolute atomic E-state index is 0.133. The van der Waals surface area contributed by atoms with E-state index in [0.29, 0.717) is 5.69 Å². The molecule has 0 saturated carbocycles. The van der Waals surface area contributed by atoms with Gasteiger partial charge in [0.15, 0.2) is 5.75 Å². The minimum Gasteiger partial charge on any atom is -0.505 e. The van der Waals surface area contributed by atoms with Crippen LogP contribution in [0.1, 0.15) is 27.7 Å². The van der Waals surface area contributed by atoms with Crippen LogP contribution in [0.3, 0.4) is 0 Å². The Morgan fingerprint density at radius 1 is 0.676 bits per heavy atom. The summed E-state index contributed by atoms with van der Waals surface area (Å²) in [7, 11) is -3.11. The number of anilines is 2. The number of azo groups is 1. The molecule has 0 amide bonds. The highest BCUT2D eigenvalue weighted by molar-refractivity contribution is 7.59. The summed E-state index contributed by atoms with van der Waals surface area (Å²) in [4.78, 5) is 0. The first-order valence-electron chi connectivity index (χ1n) is 10.8. The zero-order valence-corrected chi connectivity index (χ0v) is 20.5. The van der Waals surface area contributed by atoms with Crippen molar-refractivity contribution in [2.75, 3.05) is 5.32 Å². The summed E-state index contributed by atoms with van der Waals surface area (Å²) in [6, 6.07) is 29.0. The highest BCUT2D eigenvalue weighted by Gasteiger charge is 2.07. The molecule has 4 aromatic carbocycles. The molecular weight excluding hydrogens is 450 g/mol. The van der Waals surface area contributed by atoms with E-state index in [9.17, 15) is 5.11 Å². The number of nitrogens with zero attached hydrogens (tertiary/aromatic N) is 2. The van der Waals surface area contributed by atoms with Gasteiger partial charge in [0.25, 0.3) is 0 Å². The molecule has 4 aromatic rings. The molecule has 0 aliphatic heterocycles. The van der Waals surface area contributed by atoms with Crippen molar-refractivity contribution in [2.45, 2.75) is 27.7 Å². The maximum absolute atomic E-state index is 10.5. The molecule has 34 heavy (non-hydrogen) atoms. The Morgan fingerprint density at radius 3 is 1.82 bits per heavy atom. The van der Waals surface area contributed by atoms with E-state index in [1.165, 1.54) is 0 Å². The van der Waals surface area contributed by atoms with E-state index in [4.69, 9.17) is 12.6 Å². The fourth-order valence-electron chi connectivity index (χ4n) is 2.75. The third-order valence-corrected chi connectivity index (χ3v) is 4.06. The number of nitrogens with one attached hydrogen (secondary N) is 1. The third kappa shape index (κ3) is 9.22. The molecule has 0 radical (unpaired) electrons. The Morgan fingerprint density at radius 2 is 1.24 bits per heavy atom. The van der Waals surface area contributed by atoms with Crippen LogP contribution in [-0.4, -0.2) is 17.7 Å². The zero-order valence-electron chi connectivity index (χ0n) is 19.6. The summed E-state index contributed by atoms with van der Waals surface area (Å²) < 4.78 is 25.3. The lowest BCUT2D eigenvalue weighted by atomic mass is 10.1. The number of aromatic hydroxyl groups is 1. The number of para-hydroxylation sites is 1. The lowest BCUT2D eigenvalue weighted by molar-refractivity contribution is 0.482. The van der Waals surface area contributed by atoms with Crippen LogP contribution in [0.4, 0.5) is 22.7 Å². The van der Waals surface area contributed by atoms with Gasteiger partial charge in [-0.25, -0.2) is 0 Å². The first kappa shape index (κ1) is 28.0. The number of benzene rings is 4. The maximum atomic E-state index is 10.5. The molecule has 0 atom stereocenters. The Bertz CT molecular complexity index is 1270. The number of phenolic OH excluding ortho intramolecular Hbond substituents is 1. The average Bonchev–Trinajstić information content (AvgIpc) is 2.87. The number of hydrogen-bond acceptors (Lipinski definition) is 7. The predicted molar refractivity (Wildman–Crippen MR) is 138 cm³/mol. The van der Waals surface area contributed by atoms with Gasteiger partial charge >= 0.3 is 10.6 Å². The summed E-state index contributed by atoms with van der Waals surface area (Å²) in [6.45, 7) is 8.00. The average molecular weight is 480 g/mol. The van der Waals surface area contributed by atoms with Crippen LogP contribution in [-0.2, 0) is 10.6 Å².